The zero-order valence-electron chi connectivity index (χ0n) is 8.50. The lowest BCUT2D eigenvalue weighted by Gasteiger charge is -2.15. The fraction of sp³-hybridized carbons (Fsp3) is 0.364. The highest BCUT2D eigenvalue weighted by Gasteiger charge is 2.05. The van der Waals surface area contributed by atoms with Gasteiger partial charge in [-0.3, -0.25) is 0 Å². The van der Waals surface area contributed by atoms with Crippen LogP contribution in [0.15, 0.2) is 22.7 Å². The molecule has 0 aliphatic rings. The molecule has 0 radical (unpaired) electrons. The summed E-state index contributed by atoms with van der Waals surface area (Å²) < 4.78 is 0.867. The lowest BCUT2D eigenvalue weighted by atomic mass is 10.2. The van der Waals surface area contributed by atoms with E-state index in [0.29, 0.717) is 12.0 Å². The molecule has 1 aromatic carbocycles. The fourth-order valence-electron chi connectivity index (χ4n) is 1.23. The van der Waals surface area contributed by atoms with E-state index in [1.165, 1.54) is 0 Å². The average molecular weight is 269 g/mol. The van der Waals surface area contributed by atoms with E-state index in [-0.39, 0.29) is 12.6 Å². The molecular formula is C11H13BrN2O. The summed E-state index contributed by atoms with van der Waals surface area (Å²) in [6.45, 7) is 2.17. The number of hydrogen-bond donors (Lipinski definition) is 2. The average Bonchev–Trinajstić information content (AvgIpc) is 2.21. The van der Waals surface area contributed by atoms with Crippen LogP contribution < -0.4 is 5.32 Å². The summed E-state index contributed by atoms with van der Waals surface area (Å²) >= 11 is 3.39. The summed E-state index contributed by atoms with van der Waals surface area (Å²) in [4.78, 5) is 0. The van der Waals surface area contributed by atoms with E-state index >= 15 is 0 Å². The van der Waals surface area contributed by atoms with Crippen molar-refractivity contribution in [2.24, 2.45) is 0 Å². The third-order valence-corrected chi connectivity index (χ3v) is 2.72. The molecule has 0 bridgehead atoms. The fourth-order valence-corrected chi connectivity index (χ4v) is 1.73. The summed E-state index contributed by atoms with van der Waals surface area (Å²) in [6.07, 6.45) is 0.701. The van der Waals surface area contributed by atoms with Crippen LogP contribution in [0.1, 0.15) is 18.9 Å². The van der Waals surface area contributed by atoms with Crippen LogP contribution in [0.5, 0.6) is 0 Å². The highest BCUT2D eigenvalue weighted by atomic mass is 79.9. The van der Waals surface area contributed by atoms with Crippen molar-refractivity contribution >= 4 is 21.6 Å². The zero-order valence-corrected chi connectivity index (χ0v) is 10.1. The number of benzene rings is 1. The minimum atomic E-state index is 0.169. The number of nitrogens with zero attached hydrogens (tertiary/aromatic N) is 1. The van der Waals surface area contributed by atoms with Crippen molar-refractivity contribution in [2.75, 3.05) is 11.9 Å². The Morgan fingerprint density at radius 2 is 2.33 bits per heavy atom. The van der Waals surface area contributed by atoms with Gasteiger partial charge in [-0.05, 0) is 47.5 Å². The Bertz CT molecular complexity index is 373. The predicted octanol–water partition coefficient (Wildman–Crippen LogP) is 2.50. The molecule has 0 amide bonds. The minimum Gasteiger partial charge on any atom is -0.396 e. The van der Waals surface area contributed by atoms with Gasteiger partial charge in [0.05, 0.1) is 11.6 Å². The second-order valence-corrected chi connectivity index (χ2v) is 4.22. The molecule has 1 aromatic rings. The Labute approximate surface area is 97.9 Å². The van der Waals surface area contributed by atoms with Crippen LogP contribution in [0.4, 0.5) is 5.69 Å². The highest BCUT2D eigenvalue weighted by molar-refractivity contribution is 9.10. The summed E-state index contributed by atoms with van der Waals surface area (Å²) in [6, 6.07) is 7.68. The van der Waals surface area contributed by atoms with Crippen molar-refractivity contribution in [1.82, 2.24) is 0 Å². The van der Waals surface area contributed by atoms with E-state index in [1.807, 2.05) is 13.0 Å². The third-order valence-electron chi connectivity index (χ3n) is 2.06. The Kier molecular flexibility index (Phi) is 4.60. The van der Waals surface area contributed by atoms with Crippen molar-refractivity contribution in [3.05, 3.63) is 28.2 Å². The van der Waals surface area contributed by atoms with Crippen LogP contribution in [-0.2, 0) is 0 Å². The maximum absolute atomic E-state index is 8.77. The molecule has 0 heterocycles. The topological polar surface area (TPSA) is 56.0 Å². The van der Waals surface area contributed by atoms with Gasteiger partial charge < -0.3 is 10.4 Å². The molecule has 0 spiro atoms. The van der Waals surface area contributed by atoms with Gasteiger partial charge in [0, 0.05) is 22.8 Å². The number of rotatable bonds is 4. The first-order chi connectivity index (χ1) is 7.17. The summed E-state index contributed by atoms with van der Waals surface area (Å²) in [5, 5.41) is 20.7. The standard InChI is InChI=1S/C11H13BrN2O/c1-8(4-5-15)14-11-3-2-9(7-13)6-10(11)12/h2-3,6,8,14-15H,4-5H2,1H3. The number of anilines is 1. The van der Waals surface area contributed by atoms with Gasteiger partial charge in [-0.25, -0.2) is 0 Å². The first-order valence-electron chi connectivity index (χ1n) is 4.74. The van der Waals surface area contributed by atoms with Gasteiger partial charge in [0.2, 0.25) is 0 Å². The summed E-state index contributed by atoms with van der Waals surface area (Å²) in [7, 11) is 0. The zero-order chi connectivity index (χ0) is 11.3. The molecule has 0 aliphatic carbocycles. The van der Waals surface area contributed by atoms with Gasteiger partial charge in [-0.2, -0.15) is 5.26 Å². The lowest BCUT2D eigenvalue weighted by molar-refractivity contribution is 0.282. The van der Waals surface area contributed by atoms with Crippen LogP contribution in [0.2, 0.25) is 0 Å². The molecule has 1 atom stereocenters. The normalized spacial score (nSPS) is 11.9. The molecule has 0 aliphatic heterocycles. The highest BCUT2D eigenvalue weighted by Crippen LogP contribution is 2.24. The number of aliphatic hydroxyl groups excluding tert-OH is 1. The van der Waals surface area contributed by atoms with Gasteiger partial charge in [0.25, 0.3) is 0 Å². The second kappa shape index (κ2) is 5.74. The molecule has 4 heteroatoms. The van der Waals surface area contributed by atoms with Crippen molar-refractivity contribution in [3.63, 3.8) is 0 Å². The summed E-state index contributed by atoms with van der Waals surface area (Å²) in [5.74, 6) is 0. The second-order valence-electron chi connectivity index (χ2n) is 3.36. The van der Waals surface area contributed by atoms with Gasteiger partial charge >= 0.3 is 0 Å². The molecule has 0 aromatic heterocycles. The van der Waals surface area contributed by atoms with Gasteiger partial charge in [0.1, 0.15) is 0 Å². The molecule has 15 heavy (non-hydrogen) atoms. The monoisotopic (exact) mass is 268 g/mol. The molecule has 2 N–H and O–H groups in total. The van der Waals surface area contributed by atoms with E-state index in [0.717, 1.165) is 10.2 Å². The Morgan fingerprint density at radius 1 is 1.60 bits per heavy atom. The maximum Gasteiger partial charge on any atom is 0.0992 e. The van der Waals surface area contributed by atoms with Gasteiger partial charge in [0.15, 0.2) is 0 Å². The molecule has 0 fully saturated rings. The van der Waals surface area contributed by atoms with E-state index in [9.17, 15) is 0 Å². The molecule has 0 saturated carbocycles. The number of aliphatic hydroxyl groups is 1. The number of nitriles is 1. The Hall–Kier alpha value is -1.05. The van der Waals surface area contributed by atoms with Crippen molar-refractivity contribution in [3.8, 4) is 6.07 Å². The van der Waals surface area contributed by atoms with E-state index < -0.39 is 0 Å². The largest absolute Gasteiger partial charge is 0.396 e. The quantitative estimate of drug-likeness (QED) is 0.883. The molecule has 1 unspecified atom stereocenters. The number of halogens is 1. The Balaban J connectivity index is 2.74. The minimum absolute atomic E-state index is 0.169. The lowest BCUT2D eigenvalue weighted by Crippen LogP contribution is -2.16. The van der Waals surface area contributed by atoms with Crippen molar-refractivity contribution in [2.45, 2.75) is 19.4 Å². The molecule has 1 rings (SSSR count). The molecule has 80 valence electrons. The Morgan fingerprint density at radius 3 is 2.87 bits per heavy atom. The first kappa shape index (κ1) is 12.0. The van der Waals surface area contributed by atoms with Crippen LogP contribution in [-0.4, -0.2) is 17.8 Å². The van der Waals surface area contributed by atoms with Gasteiger partial charge in [-0.15, -0.1) is 0 Å². The predicted molar refractivity (Wildman–Crippen MR) is 63.6 cm³/mol. The molecule has 3 nitrogen and oxygen atoms in total. The van der Waals surface area contributed by atoms with E-state index in [4.69, 9.17) is 10.4 Å². The van der Waals surface area contributed by atoms with Crippen LogP contribution >= 0.6 is 15.9 Å². The first-order valence-corrected chi connectivity index (χ1v) is 5.53. The molecular weight excluding hydrogens is 256 g/mol. The van der Waals surface area contributed by atoms with Gasteiger partial charge in [-0.1, -0.05) is 0 Å². The maximum atomic E-state index is 8.77. The van der Waals surface area contributed by atoms with Crippen molar-refractivity contribution in [1.29, 1.82) is 5.26 Å². The smallest absolute Gasteiger partial charge is 0.0992 e. The SMILES string of the molecule is CC(CCO)Nc1ccc(C#N)cc1Br. The van der Waals surface area contributed by atoms with E-state index in [2.05, 4.69) is 27.3 Å². The van der Waals surface area contributed by atoms with Crippen LogP contribution in [0.25, 0.3) is 0 Å². The van der Waals surface area contributed by atoms with Crippen LogP contribution in [0, 0.1) is 11.3 Å². The number of nitrogens with one attached hydrogen (secondary N) is 1. The third kappa shape index (κ3) is 3.54. The van der Waals surface area contributed by atoms with E-state index in [1.54, 1.807) is 12.1 Å². The summed E-state index contributed by atoms with van der Waals surface area (Å²) in [5.41, 5.74) is 1.57. The molecule has 0 saturated heterocycles. The van der Waals surface area contributed by atoms with Crippen LogP contribution in [0.3, 0.4) is 0 Å². The van der Waals surface area contributed by atoms with Crippen molar-refractivity contribution < 1.29 is 5.11 Å². The number of hydrogen-bond acceptors (Lipinski definition) is 3.